The lowest BCUT2D eigenvalue weighted by molar-refractivity contribution is -0.145. The van der Waals surface area contributed by atoms with E-state index in [4.69, 9.17) is 11.5 Å². The summed E-state index contributed by atoms with van der Waals surface area (Å²) in [5.41, 5.74) is 0. The molecular formula is C9H14O4. The zero-order valence-electron chi connectivity index (χ0n) is 7.56. The molecule has 0 aliphatic carbocycles. The lowest BCUT2D eigenvalue weighted by Crippen LogP contribution is -2.20. The van der Waals surface area contributed by atoms with Crippen LogP contribution >= 0.6 is 0 Å². The summed E-state index contributed by atoms with van der Waals surface area (Å²) in [6, 6.07) is 0. The fourth-order valence-electron chi connectivity index (χ4n) is 0.821. The summed E-state index contributed by atoms with van der Waals surface area (Å²) in [6.45, 7) is 1.96. The van der Waals surface area contributed by atoms with Gasteiger partial charge >= 0.3 is 5.97 Å². The van der Waals surface area contributed by atoms with E-state index in [0.29, 0.717) is 0 Å². The van der Waals surface area contributed by atoms with Crippen molar-refractivity contribution in [3.05, 3.63) is 0 Å². The minimum atomic E-state index is -1.01. The van der Waals surface area contributed by atoms with Crippen LogP contribution in [0.1, 0.15) is 19.8 Å². The van der Waals surface area contributed by atoms with Crippen LogP contribution in [0.5, 0.6) is 0 Å². The Hall–Kier alpha value is -1.05. The van der Waals surface area contributed by atoms with Gasteiger partial charge in [-0.05, 0) is 6.92 Å². The third-order valence-corrected chi connectivity index (χ3v) is 1.40. The van der Waals surface area contributed by atoms with Gasteiger partial charge in [-0.2, -0.15) is 0 Å². The van der Waals surface area contributed by atoms with Crippen LogP contribution in [0.25, 0.3) is 0 Å². The molecule has 0 spiro atoms. The van der Waals surface area contributed by atoms with Crippen LogP contribution in [0.2, 0.25) is 0 Å². The van der Waals surface area contributed by atoms with Crippen molar-refractivity contribution in [3.8, 4) is 12.3 Å². The van der Waals surface area contributed by atoms with Crippen molar-refractivity contribution in [2.75, 3.05) is 6.61 Å². The van der Waals surface area contributed by atoms with E-state index in [1.807, 2.05) is 5.92 Å². The van der Waals surface area contributed by atoms with Gasteiger partial charge in [0.2, 0.25) is 0 Å². The van der Waals surface area contributed by atoms with E-state index in [-0.39, 0.29) is 19.4 Å². The van der Waals surface area contributed by atoms with Crippen LogP contribution in [0.4, 0.5) is 0 Å². The molecule has 2 N–H and O–H groups in total. The first kappa shape index (κ1) is 11.9. The van der Waals surface area contributed by atoms with Crippen molar-refractivity contribution >= 4 is 5.97 Å². The Morgan fingerprint density at radius 2 is 2.23 bits per heavy atom. The van der Waals surface area contributed by atoms with E-state index in [0.717, 1.165) is 0 Å². The lowest BCUT2D eigenvalue weighted by atomic mass is 10.1. The molecule has 0 saturated heterocycles. The third kappa shape index (κ3) is 6.14. The molecule has 13 heavy (non-hydrogen) atoms. The highest BCUT2D eigenvalue weighted by molar-refractivity contribution is 5.69. The molecule has 0 aliphatic rings. The Morgan fingerprint density at radius 1 is 1.62 bits per heavy atom. The topological polar surface area (TPSA) is 66.8 Å². The summed E-state index contributed by atoms with van der Waals surface area (Å²) in [5, 5.41) is 18.1. The van der Waals surface area contributed by atoms with Crippen molar-refractivity contribution in [3.63, 3.8) is 0 Å². The first-order valence-corrected chi connectivity index (χ1v) is 4.08. The number of aliphatic hydroxyl groups excluding tert-OH is 2. The molecule has 0 radical (unpaired) electrons. The molecule has 0 fully saturated rings. The molecule has 2 atom stereocenters. The third-order valence-electron chi connectivity index (χ3n) is 1.40. The molecule has 0 aromatic heterocycles. The first-order valence-electron chi connectivity index (χ1n) is 4.08. The summed E-state index contributed by atoms with van der Waals surface area (Å²) >= 11 is 0. The summed E-state index contributed by atoms with van der Waals surface area (Å²) in [7, 11) is 0. The SMILES string of the molecule is C#CC(O)CC(O)CC(=O)OCC. The Kier molecular flexibility index (Phi) is 5.94. The normalized spacial score (nSPS) is 14.3. The Bertz CT molecular complexity index is 194. The molecule has 0 bridgehead atoms. The molecule has 74 valence electrons. The summed E-state index contributed by atoms with van der Waals surface area (Å²) in [6.07, 6.45) is 2.80. The minimum absolute atomic E-state index is 0.00465. The minimum Gasteiger partial charge on any atom is -0.466 e. The van der Waals surface area contributed by atoms with Gasteiger partial charge in [0.15, 0.2) is 0 Å². The molecular weight excluding hydrogens is 172 g/mol. The average molecular weight is 186 g/mol. The Morgan fingerprint density at radius 3 is 2.69 bits per heavy atom. The smallest absolute Gasteiger partial charge is 0.308 e. The van der Waals surface area contributed by atoms with Crippen molar-refractivity contribution in [1.29, 1.82) is 0 Å². The fourth-order valence-corrected chi connectivity index (χ4v) is 0.821. The van der Waals surface area contributed by atoms with Crippen LogP contribution in [-0.2, 0) is 9.53 Å². The van der Waals surface area contributed by atoms with E-state index in [1.165, 1.54) is 0 Å². The van der Waals surface area contributed by atoms with E-state index >= 15 is 0 Å². The van der Waals surface area contributed by atoms with Crippen LogP contribution in [-0.4, -0.2) is 35.0 Å². The highest BCUT2D eigenvalue weighted by atomic mass is 16.5. The molecule has 4 nitrogen and oxygen atoms in total. The van der Waals surface area contributed by atoms with Crippen LogP contribution in [0, 0.1) is 12.3 Å². The first-order chi connectivity index (χ1) is 6.10. The molecule has 0 aromatic rings. The standard InChI is InChI=1S/C9H14O4/c1-3-7(10)5-8(11)6-9(12)13-4-2/h1,7-8,10-11H,4-6H2,2H3. The number of carbonyl (C=O) groups excluding carboxylic acids is 1. The number of aliphatic hydroxyl groups is 2. The maximum Gasteiger partial charge on any atom is 0.308 e. The highest BCUT2D eigenvalue weighted by Crippen LogP contribution is 2.03. The fraction of sp³-hybridized carbons (Fsp3) is 0.667. The highest BCUT2D eigenvalue weighted by Gasteiger charge is 2.14. The molecule has 4 heteroatoms. The van der Waals surface area contributed by atoms with Crippen molar-refractivity contribution in [2.45, 2.75) is 32.0 Å². The second-order valence-corrected chi connectivity index (χ2v) is 2.58. The average Bonchev–Trinajstić information content (AvgIpc) is 2.04. The number of rotatable bonds is 5. The second kappa shape index (κ2) is 6.46. The van der Waals surface area contributed by atoms with Crippen molar-refractivity contribution < 1.29 is 19.7 Å². The lowest BCUT2D eigenvalue weighted by Gasteiger charge is -2.10. The van der Waals surface area contributed by atoms with Crippen molar-refractivity contribution in [1.82, 2.24) is 0 Å². The molecule has 0 saturated carbocycles. The largest absolute Gasteiger partial charge is 0.466 e. The predicted molar refractivity (Wildman–Crippen MR) is 46.7 cm³/mol. The van der Waals surface area contributed by atoms with E-state index in [9.17, 15) is 9.90 Å². The van der Waals surface area contributed by atoms with Gasteiger partial charge < -0.3 is 14.9 Å². The maximum absolute atomic E-state index is 10.8. The van der Waals surface area contributed by atoms with E-state index in [1.54, 1.807) is 6.92 Å². The molecule has 0 aliphatic heterocycles. The van der Waals surface area contributed by atoms with Gasteiger partial charge in [0.1, 0.15) is 6.10 Å². The van der Waals surface area contributed by atoms with Gasteiger partial charge in [0.05, 0.1) is 19.1 Å². The summed E-state index contributed by atoms with van der Waals surface area (Å²) < 4.78 is 4.60. The van der Waals surface area contributed by atoms with Crippen LogP contribution in [0.3, 0.4) is 0 Å². The molecule has 0 rings (SSSR count). The number of ether oxygens (including phenoxy) is 1. The number of carbonyl (C=O) groups is 1. The van der Waals surface area contributed by atoms with Gasteiger partial charge in [0.25, 0.3) is 0 Å². The summed E-state index contributed by atoms with van der Waals surface area (Å²) in [4.78, 5) is 10.8. The van der Waals surface area contributed by atoms with Crippen LogP contribution < -0.4 is 0 Å². The number of hydrogen-bond donors (Lipinski definition) is 2. The number of terminal acetylenes is 1. The molecule has 2 unspecified atom stereocenters. The Labute approximate surface area is 77.5 Å². The predicted octanol–water partition coefficient (Wildman–Crippen LogP) is -0.315. The maximum atomic E-state index is 10.8. The molecule has 0 amide bonds. The van der Waals surface area contributed by atoms with Gasteiger partial charge in [-0.15, -0.1) is 6.42 Å². The Balaban J connectivity index is 3.68. The van der Waals surface area contributed by atoms with Gasteiger partial charge in [-0.1, -0.05) is 5.92 Å². The van der Waals surface area contributed by atoms with E-state index < -0.39 is 18.2 Å². The van der Waals surface area contributed by atoms with Gasteiger partial charge in [0, 0.05) is 6.42 Å². The zero-order chi connectivity index (χ0) is 10.3. The van der Waals surface area contributed by atoms with E-state index in [2.05, 4.69) is 4.74 Å². The van der Waals surface area contributed by atoms with Gasteiger partial charge in [-0.3, -0.25) is 4.79 Å². The number of esters is 1. The summed E-state index contributed by atoms with van der Waals surface area (Å²) in [5.74, 6) is 1.56. The number of hydrogen-bond acceptors (Lipinski definition) is 4. The zero-order valence-corrected chi connectivity index (χ0v) is 7.56. The quantitative estimate of drug-likeness (QED) is 0.456. The van der Waals surface area contributed by atoms with Crippen LogP contribution in [0.15, 0.2) is 0 Å². The molecule has 0 aromatic carbocycles. The molecule has 0 heterocycles. The van der Waals surface area contributed by atoms with Gasteiger partial charge in [-0.25, -0.2) is 0 Å². The monoisotopic (exact) mass is 186 g/mol. The van der Waals surface area contributed by atoms with Crippen molar-refractivity contribution in [2.24, 2.45) is 0 Å². The second-order valence-electron chi connectivity index (χ2n) is 2.58.